The summed E-state index contributed by atoms with van der Waals surface area (Å²) in [5, 5.41) is 6.51. The number of likely N-dealkylation sites (N-methyl/N-ethyl adjacent to an activating group) is 1. The van der Waals surface area contributed by atoms with Crippen molar-refractivity contribution in [2.24, 2.45) is 0 Å². The number of carbonyl (C=O) groups excluding carboxylic acids is 1. The molecule has 0 radical (unpaired) electrons. The lowest BCUT2D eigenvalue weighted by atomic mass is 10.4. The van der Waals surface area contributed by atoms with E-state index in [9.17, 15) is 4.79 Å². The average molecular weight is 277 g/mol. The van der Waals surface area contributed by atoms with Crippen molar-refractivity contribution in [1.82, 2.24) is 9.88 Å². The van der Waals surface area contributed by atoms with Gasteiger partial charge in [-0.3, -0.25) is 4.79 Å². The van der Waals surface area contributed by atoms with E-state index in [-0.39, 0.29) is 12.5 Å². The molecule has 0 spiro atoms. The first kappa shape index (κ1) is 13.9. The summed E-state index contributed by atoms with van der Waals surface area (Å²) < 4.78 is 0. The average Bonchev–Trinajstić information content (AvgIpc) is 2.27. The predicted molar refractivity (Wildman–Crippen MR) is 71.0 cm³/mol. The Kier molecular flexibility index (Phi) is 4.84. The van der Waals surface area contributed by atoms with Crippen molar-refractivity contribution in [3.8, 4) is 0 Å². The lowest BCUT2D eigenvalue weighted by Gasteiger charge is -2.13. The summed E-state index contributed by atoms with van der Waals surface area (Å²) in [6.45, 7) is 0.129. The zero-order chi connectivity index (χ0) is 13.0. The van der Waals surface area contributed by atoms with Gasteiger partial charge in [-0.25, -0.2) is 4.98 Å². The molecule has 0 aliphatic carbocycles. The highest BCUT2D eigenvalue weighted by Gasteiger charge is 2.10. The molecule has 1 amide bonds. The summed E-state index contributed by atoms with van der Waals surface area (Å²) in [6.07, 6.45) is 0. The molecule has 0 saturated carbocycles. The van der Waals surface area contributed by atoms with E-state index in [0.29, 0.717) is 21.7 Å². The molecule has 94 valence electrons. The minimum Gasteiger partial charge on any atom is -0.372 e. The Hall–Kier alpha value is -1.20. The van der Waals surface area contributed by atoms with Gasteiger partial charge in [0.15, 0.2) is 0 Å². The predicted octanol–water partition coefficient (Wildman–Crippen LogP) is 1.93. The second-order valence-corrected chi connectivity index (χ2v) is 4.36. The molecule has 0 unspecified atom stereocenters. The molecule has 0 saturated heterocycles. The second kappa shape index (κ2) is 5.93. The van der Waals surface area contributed by atoms with Gasteiger partial charge in [0, 0.05) is 21.1 Å². The monoisotopic (exact) mass is 276 g/mol. The van der Waals surface area contributed by atoms with Crippen LogP contribution < -0.4 is 10.6 Å². The van der Waals surface area contributed by atoms with E-state index in [1.165, 1.54) is 4.90 Å². The van der Waals surface area contributed by atoms with Gasteiger partial charge in [0.1, 0.15) is 11.6 Å². The Labute approximate surface area is 110 Å². The first-order valence-electron chi connectivity index (χ1n) is 4.93. The Balaban J connectivity index is 2.81. The van der Waals surface area contributed by atoms with Gasteiger partial charge in [-0.05, 0) is 6.07 Å². The van der Waals surface area contributed by atoms with E-state index < -0.39 is 0 Å². The fourth-order valence-electron chi connectivity index (χ4n) is 1.08. The Morgan fingerprint density at radius 1 is 1.35 bits per heavy atom. The topological polar surface area (TPSA) is 57.3 Å². The minimum atomic E-state index is -0.0659. The van der Waals surface area contributed by atoms with Crippen molar-refractivity contribution < 1.29 is 4.79 Å². The van der Waals surface area contributed by atoms with Crippen LogP contribution in [0.3, 0.4) is 0 Å². The third-order valence-corrected chi connectivity index (χ3v) is 2.65. The zero-order valence-corrected chi connectivity index (χ0v) is 11.4. The van der Waals surface area contributed by atoms with E-state index in [1.54, 1.807) is 27.2 Å². The number of anilines is 2. The van der Waals surface area contributed by atoms with E-state index >= 15 is 0 Å². The van der Waals surface area contributed by atoms with Crippen LogP contribution in [0.1, 0.15) is 0 Å². The van der Waals surface area contributed by atoms with Gasteiger partial charge in [0.2, 0.25) is 5.91 Å². The lowest BCUT2D eigenvalue weighted by molar-refractivity contribution is -0.126. The van der Waals surface area contributed by atoms with Gasteiger partial charge in [-0.15, -0.1) is 0 Å². The van der Waals surface area contributed by atoms with Crippen LogP contribution in [-0.4, -0.2) is 43.5 Å². The summed E-state index contributed by atoms with van der Waals surface area (Å²) in [4.78, 5) is 17.0. The summed E-state index contributed by atoms with van der Waals surface area (Å²) in [7, 11) is 5.07. The molecule has 7 heteroatoms. The first-order valence-corrected chi connectivity index (χ1v) is 5.69. The number of amides is 1. The van der Waals surface area contributed by atoms with Crippen LogP contribution in [-0.2, 0) is 4.79 Å². The fourth-order valence-corrected chi connectivity index (χ4v) is 1.60. The number of hydrogen-bond donors (Lipinski definition) is 2. The number of halogens is 2. The number of nitrogens with one attached hydrogen (secondary N) is 2. The Bertz CT molecular complexity index is 423. The molecule has 1 rings (SSSR count). The van der Waals surface area contributed by atoms with E-state index in [2.05, 4.69) is 15.6 Å². The number of carbonyl (C=O) groups is 1. The van der Waals surface area contributed by atoms with Crippen molar-refractivity contribution in [2.45, 2.75) is 0 Å². The van der Waals surface area contributed by atoms with Crippen LogP contribution in [0.2, 0.25) is 10.0 Å². The number of nitrogens with zero attached hydrogens (tertiary/aromatic N) is 2. The van der Waals surface area contributed by atoms with Crippen LogP contribution in [0.25, 0.3) is 0 Å². The van der Waals surface area contributed by atoms with Crippen molar-refractivity contribution in [3.05, 3.63) is 16.1 Å². The SMILES string of the molecule is CNc1nc(NCC(=O)N(C)C)c(Cl)cc1Cl. The van der Waals surface area contributed by atoms with Gasteiger partial charge in [-0.2, -0.15) is 0 Å². The molecule has 1 heterocycles. The smallest absolute Gasteiger partial charge is 0.241 e. The minimum absolute atomic E-state index is 0.0659. The molecule has 2 N–H and O–H groups in total. The number of aromatic nitrogens is 1. The normalized spacial score (nSPS) is 9.94. The molecule has 0 bridgehead atoms. The van der Waals surface area contributed by atoms with Gasteiger partial charge < -0.3 is 15.5 Å². The zero-order valence-electron chi connectivity index (χ0n) is 9.84. The van der Waals surface area contributed by atoms with Crippen molar-refractivity contribution in [3.63, 3.8) is 0 Å². The van der Waals surface area contributed by atoms with E-state index in [4.69, 9.17) is 23.2 Å². The van der Waals surface area contributed by atoms with Crippen LogP contribution in [0.5, 0.6) is 0 Å². The maximum atomic E-state index is 11.4. The van der Waals surface area contributed by atoms with Crippen LogP contribution in [0, 0.1) is 0 Å². The van der Waals surface area contributed by atoms with Gasteiger partial charge in [0.05, 0.1) is 16.6 Å². The maximum Gasteiger partial charge on any atom is 0.241 e. The van der Waals surface area contributed by atoms with Crippen LogP contribution in [0.15, 0.2) is 6.07 Å². The van der Waals surface area contributed by atoms with Crippen molar-refractivity contribution >= 4 is 40.7 Å². The molecule has 0 aliphatic rings. The van der Waals surface area contributed by atoms with E-state index in [1.807, 2.05) is 0 Å². The number of hydrogen-bond acceptors (Lipinski definition) is 4. The standard InChI is InChI=1S/C10H14Cl2N4O/c1-13-9-6(11)4-7(12)10(15-9)14-5-8(17)16(2)3/h4H,5H2,1-3H3,(H2,13,14,15). The van der Waals surface area contributed by atoms with Gasteiger partial charge >= 0.3 is 0 Å². The van der Waals surface area contributed by atoms with Crippen LogP contribution in [0.4, 0.5) is 11.6 Å². The molecule has 17 heavy (non-hydrogen) atoms. The molecule has 0 fully saturated rings. The highest BCUT2D eigenvalue weighted by atomic mass is 35.5. The lowest BCUT2D eigenvalue weighted by Crippen LogP contribution is -2.28. The highest BCUT2D eigenvalue weighted by molar-refractivity contribution is 6.37. The summed E-state index contributed by atoms with van der Waals surface area (Å²) in [5.74, 6) is 0.871. The number of rotatable bonds is 4. The number of pyridine rings is 1. The maximum absolute atomic E-state index is 11.4. The van der Waals surface area contributed by atoms with Crippen LogP contribution >= 0.6 is 23.2 Å². The molecular weight excluding hydrogens is 263 g/mol. The molecule has 0 aliphatic heterocycles. The second-order valence-electron chi connectivity index (χ2n) is 3.54. The molecule has 1 aromatic rings. The third kappa shape index (κ3) is 3.64. The summed E-state index contributed by atoms with van der Waals surface area (Å²) >= 11 is 11.9. The van der Waals surface area contributed by atoms with Gasteiger partial charge in [0.25, 0.3) is 0 Å². The van der Waals surface area contributed by atoms with Crippen molar-refractivity contribution in [1.29, 1.82) is 0 Å². The molecular formula is C10H14Cl2N4O. The molecule has 0 atom stereocenters. The molecule has 1 aromatic heterocycles. The quantitative estimate of drug-likeness (QED) is 0.883. The molecule has 5 nitrogen and oxygen atoms in total. The van der Waals surface area contributed by atoms with Gasteiger partial charge in [-0.1, -0.05) is 23.2 Å². The Morgan fingerprint density at radius 2 is 1.94 bits per heavy atom. The Morgan fingerprint density at radius 3 is 2.47 bits per heavy atom. The van der Waals surface area contributed by atoms with Crippen molar-refractivity contribution in [2.75, 3.05) is 38.3 Å². The first-order chi connectivity index (χ1) is 7.95. The largest absolute Gasteiger partial charge is 0.372 e. The summed E-state index contributed by atoms with van der Waals surface area (Å²) in [6, 6.07) is 1.57. The molecule has 0 aromatic carbocycles. The highest BCUT2D eigenvalue weighted by Crippen LogP contribution is 2.28. The fraction of sp³-hybridized carbons (Fsp3) is 0.400. The third-order valence-electron chi connectivity index (χ3n) is 2.07. The summed E-state index contributed by atoms with van der Waals surface area (Å²) in [5.41, 5.74) is 0. The van der Waals surface area contributed by atoms with E-state index in [0.717, 1.165) is 0 Å².